The summed E-state index contributed by atoms with van der Waals surface area (Å²) in [6, 6.07) is 15.0. The molecule has 5 nitrogen and oxygen atoms in total. The van der Waals surface area contributed by atoms with Crippen LogP contribution in [0.1, 0.15) is 16.7 Å². The van der Waals surface area contributed by atoms with Crippen LogP contribution in [-0.2, 0) is 21.0 Å². The number of hydrogen-bond acceptors (Lipinski definition) is 3. The summed E-state index contributed by atoms with van der Waals surface area (Å²) in [5, 5.41) is 2.46. The highest BCUT2D eigenvalue weighted by molar-refractivity contribution is 7.92. The van der Waals surface area contributed by atoms with Crippen molar-refractivity contribution < 1.29 is 26.4 Å². The van der Waals surface area contributed by atoms with Gasteiger partial charge in [0.15, 0.2) is 0 Å². The minimum Gasteiger partial charge on any atom is -0.324 e. The first-order valence-electron chi connectivity index (χ1n) is 9.72. The third-order valence-electron chi connectivity index (χ3n) is 4.91. The number of para-hydroxylation sites is 1. The normalized spacial score (nSPS) is 11.8. The van der Waals surface area contributed by atoms with Gasteiger partial charge in [-0.2, -0.15) is 13.2 Å². The van der Waals surface area contributed by atoms with Gasteiger partial charge in [0, 0.05) is 5.02 Å². The van der Waals surface area contributed by atoms with Gasteiger partial charge in [-0.25, -0.2) is 8.42 Å². The maximum Gasteiger partial charge on any atom is 0.418 e. The highest BCUT2D eigenvalue weighted by Gasteiger charge is 2.34. The van der Waals surface area contributed by atoms with Crippen LogP contribution < -0.4 is 9.62 Å². The Balaban J connectivity index is 2.02. The number of hydrogen-bond donors (Lipinski definition) is 1. The lowest BCUT2D eigenvalue weighted by Gasteiger charge is -2.26. The Morgan fingerprint density at radius 1 is 0.970 bits per heavy atom. The monoisotopic (exact) mass is 496 g/mol. The van der Waals surface area contributed by atoms with Crippen molar-refractivity contribution in [2.75, 3.05) is 16.2 Å². The molecule has 0 radical (unpaired) electrons. The Kier molecular flexibility index (Phi) is 7.04. The summed E-state index contributed by atoms with van der Waals surface area (Å²) >= 11 is 6.17. The van der Waals surface area contributed by atoms with E-state index in [4.69, 9.17) is 11.6 Å². The molecule has 0 heterocycles. The number of amides is 1. The predicted octanol–water partition coefficient (Wildman–Crippen LogP) is 5.81. The highest BCUT2D eigenvalue weighted by atomic mass is 35.5. The van der Waals surface area contributed by atoms with Crippen molar-refractivity contribution in [1.82, 2.24) is 0 Å². The largest absolute Gasteiger partial charge is 0.418 e. The number of nitrogens with one attached hydrogen (secondary N) is 1. The number of nitrogens with zero attached hydrogens (tertiary/aromatic N) is 1. The zero-order valence-electron chi connectivity index (χ0n) is 17.7. The number of halogens is 4. The Hall–Kier alpha value is -3.04. The van der Waals surface area contributed by atoms with E-state index >= 15 is 0 Å². The Morgan fingerprint density at radius 3 is 2.24 bits per heavy atom. The molecule has 0 atom stereocenters. The first-order valence-corrected chi connectivity index (χ1v) is 11.5. The van der Waals surface area contributed by atoms with Crippen molar-refractivity contribution in [2.45, 2.75) is 24.9 Å². The average molecular weight is 497 g/mol. The summed E-state index contributed by atoms with van der Waals surface area (Å²) in [5.74, 6) is -0.943. The molecule has 0 aliphatic rings. The molecule has 10 heteroatoms. The molecule has 3 rings (SSSR count). The van der Waals surface area contributed by atoms with Crippen LogP contribution >= 0.6 is 11.6 Å². The van der Waals surface area contributed by atoms with Crippen molar-refractivity contribution in [1.29, 1.82) is 0 Å². The quantitative estimate of drug-likeness (QED) is 0.468. The van der Waals surface area contributed by atoms with Crippen LogP contribution in [0.5, 0.6) is 0 Å². The number of alkyl halides is 3. The Bertz CT molecular complexity index is 1280. The van der Waals surface area contributed by atoms with Crippen LogP contribution in [0.15, 0.2) is 71.6 Å². The second kappa shape index (κ2) is 9.44. The van der Waals surface area contributed by atoms with E-state index in [1.54, 1.807) is 32.0 Å². The SMILES string of the molecule is Cc1ccc(S(=O)(=O)N(CC(=O)Nc2ccccc2C(F)(F)F)c2cccc(Cl)c2C)cc1. The maximum atomic E-state index is 13.4. The van der Waals surface area contributed by atoms with Gasteiger partial charge in [-0.1, -0.05) is 47.5 Å². The lowest BCUT2D eigenvalue weighted by molar-refractivity contribution is -0.137. The maximum absolute atomic E-state index is 13.4. The second-order valence-electron chi connectivity index (χ2n) is 7.30. The molecule has 0 aliphatic heterocycles. The van der Waals surface area contributed by atoms with Gasteiger partial charge in [0.05, 0.1) is 21.8 Å². The van der Waals surface area contributed by atoms with E-state index in [0.29, 0.717) is 5.56 Å². The number of anilines is 2. The molecule has 3 aromatic rings. The van der Waals surface area contributed by atoms with E-state index in [1.165, 1.54) is 36.4 Å². The molecule has 1 amide bonds. The standard InChI is InChI=1S/C23H20ClF3N2O3S/c1-15-10-12-17(13-11-15)33(31,32)29(21-9-5-7-19(24)16(21)2)14-22(30)28-20-8-4-3-6-18(20)23(25,26)27/h3-13H,14H2,1-2H3,(H,28,30). The fourth-order valence-corrected chi connectivity index (χ4v) is 4.81. The molecule has 1 N–H and O–H groups in total. The summed E-state index contributed by atoms with van der Waals surface area (Å²) < 4.78 is 67.6. The average Bonchev–Trinajstić information content (AvgIpc) is 2.74. The van der Waals surface area contributed by atoms with Crippen LogP contribution in [0.4, 0.5) is 24.5 Å². The van der Waals surface area contributed by atoms with Crippen molar-refractivity contribution >= 4 is 38.9 Å². The van der Waals surface area contributed by atoms with Gasteiger partial charge < -0.3 is 5.32 Å². The van der Waals surface area contributed by atoms with Crippen molar-refractivity contribution in [2.24, 2.45) is 0 Å². The van der Waals surface area contributed by atoms with E-state index in [-0.39, 0.29) is 15.6 Å². The topological polar surface area (TPSA) is 66.5 Å². The van der Waals surface area contributed by atoms with Gasteiger partial charge in [0.25, 0.3) is 10.0 Å². The van der Waals surface area contributed by atoms with Crippen LogP contribution in [0.2, 0.25) is 5.02 Å². The number of sulfonamides is 1. The molecule has 0 spiro atoms. The lowest BCUT2D eigenvalue weighted by atomic mass is 10.1. The molecule has 0 bridgehead atoms. The fourth-order valence-electron chi connectivity index (χ4n) is 3.16. The summed E-state index contributed by atoms with van der Waals surface area (Å²) in [6.45, 7) is 2.62. The Labute approximate surface area is 194 Å². The van der Waals surface area contributed by atoms with E-state index < -0.39 is 39.9 Å². The van der Waals surface area contributed by atoms with Crippen molar-refractivity contribution in [3.63, 3.8) is 0 Å². The number of benzene rings is 3. The van der Waals surface area contributed by atoms with E-state index in [0.717, 1.165) is 22.0 Å². The number of rotatable bonds is 6. The van der Waals surface area contributed by atoms with E-state index in [9.17, 15) is 26.4 Å². The molecular weight excluding hydrogens is 477 g/mol. The summed E-state index contributed by atoms with van der Waals surface area (Å²) in [4.78, 5) is 12.7. The zero-order chi connectivity index (χ0) is 24.4. The van der Waals surface area contributed by atoms with Gasteiger partial charge in [-0.3, -0.25) is 9.10 Å². The van der Waals surface area contributed by atoms with Crippen molar-refractivity contribution in [3.05, 3.63) is 88.4 Å². The van der Waals surface area contributed by atoms with Gasteiger partial charge in [0.1, 0.15) is 6.54 Å². The fraction of sp³-hybridized carbons (Fsp3) is 0.174. The molecule has 3 aromatic carbocycles. The van der Waals surface area contributed by atoms with Crippen LogP contribution in [0, 0.1) is 13.8 Å². The van der Waals surface area contributed by atoms with Gasteiger partial charge in [-0.15, -0.1) is 0 Å². The molecule has 0 fully saturated rings. The first kappa shape index (κ1) is 24.6. The molecular formula is C23H20ClF3N2O3S. The highest BCUT2D eigenvalue weighted by Crippen LogP contribution is 2.35. The van der Waals surface area contributed by atoms with Crippen LogP contribution in [-0.4, -0.2) is 20.9 Å². The molecule has 0 saturated heterocycles. The summed E-state index contributed by atoms with van der Waals surface area (Å²) in [7, 11) is -4.24. The number of carbonyl (C=O) groups excluding carboxylic acids is 1. The first-order chi connectivity index (χ1) is 15.4. The Morgan fingerprint density at radius 2 is 1.61 bits per heavy atom. The third kappa shape index (κ3) is 5.48. The summed E-state index contributed by atoms with van der Waals surface area (Å²) in [6.07, 6.45) is -4.69. The van der Waals surface area contributed by atoms with E-state index in [2.05, 4.69) is 5.32 Å². The second-order valence-corrected chi connectivity index (χ2v) is 9.57. The number of carbonyl (C=O) groups is 1. The third-order valence-corrected chi connectivity index (χ3v) is 7.09. The van der Waals surface area contributed by atoms with Gasteiger partial charge in [-0.05, 0) is 55.8 Å². The van der Waals surface area contributed by atoms with Crippen molar-refractivity contribution in [3.8, 4) is 0 Å². The minimum atomic E-state index is -4.69. The minimum absolute atomic E-state index is 0.0732. The molecule has 0 unspecified atom stereocenters. The zero-order valence-corrected chi connectivity index (χ0v) is 19.2. The van der Waals surface area contributed by atoms with Crippen LogP contribution in [0.25, 0.3) is 0 Å². The molecule has 0 saturated carbocycles. The predicted molar refractivity (Wildman–Crippen MR) is 122 cm³/mol. The smallest absolute Gasteiger partial charge is 0.324 e. The summed E-state index contributed by atoms with van der Waals surface area (Å²) in [5.41, 5.74) is -0.127. The molecule has 0 aromatic heterocycles. The molecule has 174 valence electrons. The molecule has 33 heavy (non-hydrogen) atoms. The van der Waals surface area contributed by atoms with Gasteiger partial charge in [0.2, 0.25) is 5.91 Å². The van der Waals surface area contributed by atoms with E-state index in [1.807, 2.05) is 0 Å². The molecule has 0 aliphatic carbocycles. The lowest BCUT2D eigenvalue weighted by Crippen LogP contribution is -2.38. The number of aryl methyl sites for hydroxylation is 1. The van der Waals surface area contributed by atoms with Crippen LogP contribution in [0.3, 0.4) is 0 Å². The van der Waals surface area contributed by atoms with Gasteiger partial charge >= 0.3 is 6.18 Å².